The summed E-state index contributed by atoms with van der Waals surface area (Å²) in [5, 5.41) is 10.0. The highest BCUT2D eigenvalue weighted by Gasteiger charge is 2.40. The van der Waals surface area contributed by atoms with E-state index in [4.69, 9.17) is 21.1 Å². The molecule has 0 bridgehead atoms. The normalized spacial score (nSPS) is 17.2. The van der Waals surface area contributed by atoms with Crippen LogP contribution in [0.5, 0.6) is 11.5 Å². The summed E-state index contributed by atoms with van der Waals surface area (Å²) in [5.41, 5.74) is 5.13. The van der Waals surface area contributed by atoms with Gasteiger partial charge >= 0.3 is 0 Å². The minimum Gasteiger partial charge on any atom is -0.494 e. The van der Waals surface area contributed by atoms with E-state index < -0.39 is 19.1 Å². The predicted octanol–water partition coefficient (Wildman–Crippen LogP) is 6.96. The molecule has 3 amide bonds. The van der Waals surface area contributed by atoms with Gasteiger partial charge in [-0.05, 0) is 101 Å². The van der Waals surface area contributed by atoms with E-state index >= 15 is 0 Å². The van der Waals surface area contributed by atoms with Gasteiger partial charge in [0.15, 0.2) is 5.82 Å². The van der Waals surface area contributed by atoms with Crippen LogP contribution in [0.25, 0.3) is 0 Å². The van der Waals surface area contributed by atoms with Crippen LogP contribution in [0.2, 0.25) is 5.02 Å². The number of carbonyl (C=O) groups is 3. The first kappa shape index (κ1) is 42.9. The van der Waals surface area contributed by atoms with Gasteiger partial charge in [0, 0.05) is 53.7 Å². The number of benzene rings is 3. The Labute approximate surface area is 356 Å². The first-order valence-electron chi connectivity index (χ1n) is 20.6. The van der Waals surface area contributed by atoms with Gasteiger partial charge in [-0.1, -0.05) is 36.7 Å². The van der Waals surface area contributed by atoms with Crippen molar-refractivity contribution in [1.29, 1.82) is 0 Å². The second kappa shape index (κ2) is 18.6. The molecular formula is C44H54ClN8O6P. The monoisotopic (exact) mass is 856 g/mol. The number of anilines is 5. The lowest BCUT2D eigenvalue weighted by molar-refractivity contribution is -0.136. The van der Waals surface area contributed by atoms with E-state index in [1.165, 1.54) is 11.8 Å². The number of para-hydroxylation sites is 1. The summed E-state index contributed by atoms with van der Waals surface area (Å²) in [6, 6.07) is 16.9. The fraction of sp³-hybridized carbons (Fsp3) is 0.432. The van der Waals surface area contributed by atoms with Crippen molar-refractivity contribution in [3.63, 3.8) is 0 Å². The molecule has 2 saturated heterocycles. The zero-order valence-corrected chi connectivity index (χ0v) is 36.6. The Morgan fingerprint density at radius 3 is 2.50 bits per heavy atom. The van der Waals surface area contributed by atoms with E-state index in [2.05, 4.69) is 61.8 Å². The number of ether oxygens (including phenoxy) is 2. The van der Waals surface area contributed by atoms with Gasteiger partial charge in [-0.15, -0.1) is 0 Å². The quantitative estimate of drug-likeness (QED) is 0.0606. The Hall–Kier alpha value is -5.17. The van der Waals surface area contributed by atoms with Crippen LogP contribution in [-0.4, -0.2) is 103 Å². The molecule has 318 valence electrons. The number of hydrogen-bond acceptors (Lipinski definition) is 12. The number of nitrogens with one attached hydrogen (secondary N) is 3. The number of halogens is 1. The molecule has 0 radical (unpaired) electrons. The minimum absolute atomic E-state index is 0.199. The van der Waals surface area contributed by atoms with Crippen LogP contribution in [0.4, 0.5) is 28.8 Å². The number of carbonyl (C=O) groups excluding carboxylic acids is 3. The highest BCUT2D eigenvalue weighted by molar-refractivity contribution is 7.70. The number of fused-ring (bicyclic) bond motifs is 1. The molecule has 3 aliphatic rings. The molecule has 3 aromatic carbocycles. The van der Waals surface area contributed by atoms with E-state index in [1.54, 1.807) is 31.4 Å². The Kier molecular flexibility index (Phi) is 13.3. The molecule has 16 heteroatoms. The van der Waals surface area contributed by atoms with Gasteiger partial charge in [0.1, 0.15) is 29.7 Å². The van der Waals surface area contributed by atoms with Gasteiger partial charge in [-0.3, -0.25) is 19.7 Å². The number of rotatable bonds is 16. The maximum absolute atomic E-state index is 13.2. The molecule has 1 aromatic heterocycles. The molecule has 0 saturated carbocycles. The smallest absolute Gasteiger partial charge is 0.255 e. The lowest BCUT2D eigenvalue weighted by atomic mass is 10.00. The number of amides is 3. The Morgan fingerprint density at radius 1 is 0.983 bits per heavy atom. The molecule has 7 rings (SSSR count). The van der Waals surface area contributed by atoms with Crippen LogP contribution in [0.15, 0.2) is 60.8 Å². The molecule has 2 fully saturated rings. The molecule has 3 N–H and O–H groups in total. The van der Waals surface area contributed by atoms with Gasteiger partial charge in [0.05, 0.1) is 37.8 Å². The number of piperidine rings is 2. The zero-order valence-electron chi connectivity index (χ0n) is 34.9. The molecule has 1 unspecified atom stereocenters. The molecule has 60 heavy (non-hydrogen) atoms. The third-order valence-corrected chi connectivity index (χ3v) is 13.5. The number of methoxy groups -OCH3 is 1. The van der Waals surface area contributed by atoms with Crippen molar-refractivity contribution < 1.29 is 28.4 Å². The number of aryl methyl sites for hydroxylation is 1. The van der Waals surface area contributed by atoms with E-state index in [0.29, 0.717) is 70.5 Å². The first-order chi connectivity index (χ1) is 28.8. The highest BCUT2D eigenvalue weighted by Crippen LogP contribution is 2.40. The van der Waals surface area contributed by atoms with Crippen LogP contribution >= 0.6 is 18.7 Å². The maximum atomic E-state index is 13.2. The molecule has 3 aliphatic heterocycles. The minimum atomic E-state index is -2.56. The molecule has 14 nitrogen and oxygen atoms in total. The van der Waals surface area contributed by atoms with Crippen molar-refractivity contribution in [3.05, 3.63) is 82.5 Å². The molecule has 1 atom stereocenters. The number of hydrogen-bond donors (Lipinski definition) is 3. The summed E-state index contributed by atoms with van der Waals surface area (Å²) in [6.45, 7) is 9.24. The van der Waals surface area contributed by atoms with E-state index in [1.807, 2.05) is 36.4 Å². The fourth-order valence-electron chi connectivity index (χ4n) is 8.34. The van der Waals surface area contributed by atoms with Crippen molar-refractivity contribution in [2.45, 2.75) is 70.5 Å². The van der Waals surface area contributed by atoms with Crippen LogP contribution in [0.1, 0.15) is 66.9 Å². The summed E-state index contributed by atoms with van der Waals surface area (Å²) in [5.74, 6) is 1.18. The zero-order chi connectivity index (χ0) is 42.6. The van der Waals surface area contributed by atoms with Gasteiger partial charge in [-0.25, -0.2) is 4.98 Å². The van der Waals surface area contributed by atoms with E-state index in [0.717, 1.165) is 68.7 Å². The Balaban J connectivity index is 0.906. The summed E-state index contributed by atoms with van der Waals surface area (Å²) in [4.78, 5) is 52.9. The summed E-state index contributed by atoms with van der Waals surface area (Å²) in [6.07, 6.45) is 6.83. The average Bonchev–Trinajstić information content (AvgIpc) is 3.57. The van der Waals surface area contributed by atoms with Crippen LogP contribution in [0, 0.1) is 0 Å². The number of unbranched alkanes of at least 4 members (excludes halogenated alkanes) is 1. The average molecular weight is 857 g/mol. The van der Waals surface area contributed by atoms with Crippen molar-refractivity contribution in [1.82, 2.24) is 25.1 Å². The lowest BCUT2D eigenvalue weighted by Crippen LogP contribution is -2.52. The topological polar surface area (TPSA) is 158 Å². The van der Waals surface area contributed by atoms with Gasteiger partial charge in [0.25, 0.3) is 5.91 Å². The van der Waals surface area contributed by atoms with Crippen LogP contribution in [-0.2, 0) is 27.1 Å². The third-order valence-electron chi connectivity index (χ3n) is 11.6. The Morgan fingerprint density at radius 2 is 1.77 bits per heavy atom. The summed E-state index contributed by atoms with van der Waals surface area (Å²) in [7, 11) is 1.30. The number of nitrogens with zero attached hydrogens (tertiary/aromatic N) is 5. The number of imide groups is 1. The van der Waals surface area contributed by atoms with E-state index in [-0.39, 0.29) is 18.2 Å². The Bertz CT molecular complexity index is 2300. The van der Waals surface area contributed by atoms with Gasteiger partial charge in [0.2, 0.25) is 17.8 Å². The summed E-state index contributed by atoms with van der Waals surface area (Å²) >= 11 is 6.52. The van der Waals surface area contributed by atoms with Crippen LogP contribution in [0.3, 0.4) is 0 Å². The summed E-state index contributed by atoms with van der Waals surface area (Å²) < 4.78 is 25.0. The highest BCUT2D eigenvalue weighted by atomic mass is 35.5. The molecule has 0 spiro atoms. The van der Waals surface area contributed by atoms with Crippen molar-refractivity contribution in [2.75, 3.05) is 69.3 Å². The number of aromatic nitrogens is 2. The largest absolute Gasteiger partial charge is 0.494 e. The van der Waals surface area contributed by atoms with Crippen molar-refractivity contribution in [3.8, 4) is 11.5 Å². The second-order valence-corrected chi connectivity index (χ2v) is 19.6. The standard InChI is InChI=1S/C44H54ClN8O6P/c1-6-28-24-34(48-44-46-26-32(45)41(50-44)47-33-13-7-8-15-39(33)60(4,5)57)38(58-3)25-36(28)52-21-18-29(19-22-52)51(2)20-9-10-23-59-37-14-11-12-30-31(37)27-53(43(30)56)35-16-17-40(54)49-42(35)55/h7-8,11-15,24-26,29,35H,6,9-10,16-23,27H2,1-5H3,(H,49,54,55)(H2,46,47,48,50). The van der Waals surface area contributed by atoms with Crippen molar-refractivity contribution >= 4 is 70.6 Å². The SMILES string of the molecule is CCc1cc(Nc2ncc(Cl)c(Nc3ccccc3P(C)(C)=O)n2)c(OC)cc1N1CCC(N(C)CCCCOc2cccc3c2CN(C2CCC(=O)NC2=O)C3=O)CC1. The predicted molar refractivity (Wildman–Crippen MR) is 237 cm³/mol. The first-order valence-corrected chi connectivity index (χ1v) is 23.6. The van der Waals surface area contributed by atoms with Gasteiger partial charge in [-0.2, -0.15) is 4.98 Å². The molecule has 4 aromatic rings. The van der Waals surface area contributed by atoms with Gasteiger partial charge < -0.3 is 39.4 Å². The van der Waals surface area contributed by atoms with E-state index in [9.17, 15) is 18.9 Å². The fourth-order valence-corrected chi connectivity index (χ4v) is 9.63. The second-order valence-electron chi connectivity index (χ2n) is 16.0. The maximum Gasteiger partial charge on any atom is 0.255 e. The molecule has 0 aliphatic carbocycles. The lowest BCUT2D eigenvalue weighted by Gasteiger charge is -2.39. The molecular weight excluding hydrogens is 803 g/mol. The third kappa shape index (κ3) is 9.56. The van der Waals surface area contributed by atoms with Crippen LogP contribution < -0.4 is 35.6 Å². The molecule has 4 heterocycles. The van der Waals surface area contributed by atoms with Crippen molar-refractivity contribution in [2.24, 2.45) is 0 Å².